The molecule has 240 valence electrons. The van der Waals surface area contributed by atoms with Crippen molar-refractivity contribution in [3.63, 3.8) is 0 Å². The van der Waals surface area contributed by atoms with Gasteiger partial charge in [-0.05, 0) is 64.0 Å². The van der Waals surface area contributed by atoms with Gasteiger partial charge in [-0.1, -0.05) is 133 Å². The van der Waals surface area contributed by atoms with Crippen LogP contribution in [-0.2, 0) is 15.0 Å². The average molecular weight is 633 g/mol. The lowest BCUT2D eigenvalue weighted by Gasteiger charge is -2.50. The molecule has 0 saturated heterocycles. The predicted molar refractivity (Wildman–Crippen MR) is 191 cm³/mol. The van der Waals surface area contributed by atoms with E-state index in [0.29, 0.717) is 28.8 Å². The lowest BCUT2D eigenvalue weighted by Crippen LogP contribution is -2.54. The highest BCUT2D eigenvalue weighted by molar-refractivity contribution is 6.77. The number of hydrogen-bond acceptors (Lipinski definition) is 4. The molecule has 0 fully saturated rings. The smallest absolute Gasteiger partial charge is 0.256 e. The molecule has 0 amide bonds. The van der Waals surface area contributed by atoms with Crippen molar-refractivity contribution >= 4 is 25.5 Å². The highest BCUT2D eigenvalue weighted by atomic mass is 28.4. The number of Topliss-reactive ketones (excluding diaryl/α,β-unsaturated/α-hetero) is 1. The Morgan fingerprint density at radius 3 is 2.17 bits per heavy atom. The third kappa shape index (κ3) is 5.64. The summed E-state index contributed by atoms with van der Waals surface area (Å²) < 4.78 is 13.2. The fourth-order valence-electron chi connectivity index (χ4n) is 8.02. The van der Waals surface area contributed by atoms with Crippen molar-refractivity contribution in [1.29, 1.82) is 0 Å². The van der Waals surface area contributed by atoms with E-state index in [2.05, 4.69) is 53.3 Å². The van der Waals surface area contributed by atoms with E-state index < -0.39 is 25.6 Å². The normalized spacial score (nSPS) is 21.5. The van der Waals surface area contributed by atoms with Crippen molar-refractivity contribution in [2.24, 2.45) is 5.92 Å². The maximum atomic E-state index is 14.8. The molecule has 0 radical (unpaired) electrons. The Morgan fingerprint density at radius 1 is 0.935 bits per heavy atom. The van der Waals surface area contributed by atoms with Crippen LogP contribution in [0, 0.1) is 5.92 Å². The van der Waals surface area contributed by atoms with Gasteiger partial charge in [-0.25, -0.2) is 0 Å². The second kappa shape index (κ2) is 13.8. The molecule has 0 heterocycles. The Labute approximate surface area is 276 Å². The van der Waals surface area contributed by atoms with Gasteiger partial charge in [0.25, 0.3) is 8.32 Å². The minimum absolute atomic E-state index is 0.00786. The summed E-state index contributed by atoms with van der Waals surface area (Å²) >= 11 is 0. The Hall–Kier alpha value is -3.96. The average Bonchev–Trinajstić information content (AvgIpc) is 3.08. The molecule has 3 aromatic rings. The third-order valence-electron chi connectivity index (χ3n) is 10.5. The van der Waals surface area contributed by atoms with Gasteiger partial charge in [0.05, 0.1) is 12.5 Å². The predicted octanol–water partition coefficient (Wildman–Crippen LogP) is 10.0. The number of fused-ring (bicyclic) bond motifs is 1. The molecule has 0 aliphatic heterocycles. The summed E-state index contributed by atoms with van der Waals surface area (Å²) in [5.74, 6) is 0.302. The zero-order valence-electron chi connectivity index (χ0n) is 28.2. The fraction of sp³-hybridized carbons (Fsp3) is 0.366. The number of hydrogen-bond donors (Lipinski definition) is 0. The van der Waals surface area contributed by atoms with Gasteiger partial charge in [0, 0.05) is 17.4 Å². The highest BCUT2D eigenvalue weighted by Crippen LogP contribution is 2.57. The lowest BCUT2D eigenvalue weighted by molar-refractivity contribution is -0.131. The number of methoxy groups -OCH3 is 1. The van der Waals surface area contributed by atoms with Gasteiger partial charge in [-0.2, -0.15) is 0 Å². The molecular weight excluding hydrogens is 585 g/mol. The maximum absolute atomic E-state index is 14.8. The number of rotatable bonds is 12. The Bertz CT molecular complexity index is 1630. The number of allylic oxidation sites excluding steroid dienone is 5. The number of benzene rings is 3. The summed E-state index contributed by atoms with van der Waals surface area (Å²) in [6.45, 7) is 15.6. The molecule has 46 heavy (non-hydrogen) atoms. The molecule has 0 spiro atoms. The highest BCUT2D eigenvalue weighted by Gasteiger charge is 2.59. The topological polar surface area (TPSA) is 52.6 Å². The summed E-state index contributed by atoms with van der Waals surface area (Å²) in [6, 6.07) is 26.6. The van der Waals surface area contributed by atoms with Gasteiger partial charge >= 0.3 is 0 Å². The molecule has 0 unspecified atom stereocenters. The van der Waals surface area contributed by atoms with Crippen molar-refractivity contribution < 1.29 is 18.8 Å². The standard InChI is InChI=1S/C41H48O4Si/c1-8-10-25-46(28(3)4,29(5)6)45-36-24-22-32(26-37(36)44-7)39-30(9-2)21-23-35-40(43)34(31-17-13-11-14-18-31)27-38(42)41(35,39)33-19-15-12-16-20-33/h9,11-22,24,26-29,35,39H,2,8,10,23,25H2,1,3-7H3/t35-,39+,41-/m0/s1. The molecule has 0 bridgehead atoms. The van der Waals surface area contributed by atoms with Crippen LogP contribution in [0.2, 0.25) is 17.1 Å². The second-order valence-corrected chi connectivity index (χ2v) is 18.3. The first-order valence-electron chi connectivity index (χ1n) is 16.8. The van der Waals surface area contributed by atoms with Gasteiger partial charge in [0.15, 0.2) is 17.3 Å². The van der Waals surface area contributed by atoms with E-state index in [0.717, 1.165) is 46.9 Å². The second-order valence-electron chi connectivity index (χ2n) is 13.4. The number of carbonyl (C=O) groups excluding carboxylic acids is 2. The van der Waals surface area contributed by atoms with Gasteiger partial charge < -0.3 is 9.16 Å². The van der Waals surface area contributed by atoms with Crippen LogP contribution >= 0.6 is 0 Å². The molecule has 2 aliphatic rings. The molecule has 2 aliphatic carbocycles. The third-order valence-corrected chi connectivity index (χ3v) is 16.1. The number of ether oxygens (including phenoxy) is 1. The molecule has 0 aromatic heterocycles. The first kappa shape index (κ1) is 33.4. The Kier molecular flexibility index (Phi) is 10.0. The summed E-state index contributed by atoms with van der Waals surface area (Å²) in [5.41, 5.74) is 3.63. The van der Waals surface area contributed by atoms with Crippen LogP contribution in [0.3, 0.4) is 0 Å². The zero-order valence-corrected chi connectivity index (χ0v) is 29.2. The summed E-state index contributed by atoms with van der Waals surface area (Å²) in [7, 11) is -0.529. The molecule has 0 saturated carbocycles. The molecular formula is C41H48O4Si. The van der Waals surface area contributed by atoms with Gasteiger partial charge in [-0.3, -0.25) is 9.59 Å². The zero-order chi connectivity index (χ0) is 33.1. The van der Waals surface area contributed by atoms with E-state index in [1.54, 1.807) is 13.2 Å². The van der Waals surface area contributed by atoms with Crippen LogP contribution in [0.25, 0.3) is 5.57 Å². The van der Waals surface area contributed by atoms with Crippen molar-refractivity contribution in [3.05, 3.63) is 126 Å². The van der Waals surface area contributed by atoms with Crippen molar-refractivity contribution in [2.45, 2.75) is 82.3 Å². The molecule has 4 nitrogen and oxygen atoms in total. The van der Waals surface area contributed by atoms with Crippen molar-refractivity contribution in [3.8, 4) is 11.5 Å². The van der Waals surface area contributed by atoms with Crippen LogP contribution in [-0.4, -0.2) is 27.0 Å². The SMILES string of the molecule is C=CC1=CC[C@H]2C(=O)C(c3ccccc3)=CC(=O)[C@@]2(c2ccccc2)[C@H]1c1ccc(O[Si](CCCC)(C(C)C)C(C)C)c(OC)c1. The lowest BCUT2D eigenvalue weighted by atomic mass is 9.50. The van der Waals surface area contributed by atoms with E-state index in [-0.39, 0.29) is 11.6 Å². The first-order chi connectivity index (χ1) is 22.1. The van der Waals surface area contributed by atoms with Crippen molar-refractivity contribution in [2.75, 3.05) is 7.11 Å². The van der Waals surface area contributed by atoms with Gasteiger partial charge in [-0.15, -0.1) is 0 Å². The summed E-state index contributed by atoms with van der Waals surface area (Å²) in [5, 5.41) is 0. The number of carbonyl (C=O) groups is 2. The number of unbranched alkanes of at least 4 members (excludes halogenated alkanes) is 1. The minimum atomic E-state index is -2.21. The van der Waals surface area contributed by atoms with Crippen LogP contribution in [0.5, 0.6) is 11.5 Å². The quantitative estimate of drug-likeness (QED) is 0.187. The van der Waals surface area contributed by atoms with E-state index in [4.69, 9.17) is 9.16 Å². The van der Waals surface area contributed by atoms with Crippen LogP contribution in [0.15, 0.2) is 109 Å². The van der Waals surface area contributed by atoms with Crippen LogP contribution in [0.4, 0.5) is 0 Å². The molecule has 5 rings (SSSR count). The Morgan fingerprint density at radius 2 is 1.59 bits per heavy atom. The van der Waals surface area contributed by atoms with Gasteiger partial charge in [0.1, 0.15) is 5.75 Å². The van der Waals surface area contributed by atoms with Crippen LogP contribution in [0.1, 0.15) is 76.5 Å². The summed E-state index contributed by atoms with van der Waals surface area (Å²) in [4.78, 5) is 29.3. The summed E-state index contributed by atoms with van der Waals surface area (Å²) in [6.07, 6.45) is 8.24. The Balaban J connectivity index is 1.70. The van der Waals surface area contributed by atoms with Gasteiger partial charge in [0.2, 0.25) is 0 Å². The van der Waals surface area contributed by atoms with E-state index in [1.165, 1.54) is 0 Å². The molecule has 0 N–H and O–H groups in total. The molecule has 3 atom stereocenters. The van der Waals surface area contributed by atoms with E-state index >= 15 is 0 Å². The van der Waals surface area contributed by atoms with Crippen molar-refractivity contribution in [1.82, 2.24) is 0 Å². The fourth-order valence-corrected chi connectivity index (χ4v) is 12.6. The molecule has 3 aromatic carbocycles. The van der Waals surface area contributed by atoms with E-state index in [9.17, 15) is 9.59 Å². The monoisotopic (exact) mass is 632 g/mol. The minimum Gasteiger partial charge on any atom is -0.540 e. The number of ketones is 2. The van der Waals surface area contributed by atoms with Crippen LogP contribution < -0.4 is 9.16 Å². The maximum Gasteiger partial charge on any atom is 0.256 e. The molecule has 5 heteroatoms. The van der Waals surface area contributed by atoms with E-state index in [1.807, 2.05) is 78.9 Å². The largest absolute Gasteiger partial charge is 0.540 e. The first-order valence-corrected chi connectivity index (χ1v) is 19.0.